The minimum absolute atomic E-state index is 0.152. The highest BCUT2D eigenvalue weighted by atomic mass is 32.2. The summed E-state index contributed by atoms with van der Waals surface area (Å²) in [5, 5.41) is 10.7. The first-order chi connectivity index (χ1) is 11.9. The molecular weight excluding hydrogens is 342 g/mol. The molecule has 0 unspecified atom stereocenters. The van der Waals surface area contributed by atoms with Crippen LogP contribution in [0.2, 0.25) is 0 Å². The maximum Gasteiger partial charge on any atom is 0.272 e. The molecule has 1 aromatic carbocycles. The lowest BCUT2D eigenvalue weighted by molar-refractivity contribution is 0.0618. The molecular formula is C16H21N5O3S. The molecule has 0 spiro atoms. The van der Waals surface area contributed by atoms with Gasteiger partial charge in [-0.15, -0.1) is 0 Å². The third kappa shape index (κ3) is 3.34. The molecule has 0 aliphatic carbocycles. The molecule has 0 radical (unpaired) electrons. The van der Waals surface area contributed by atoms with Gasteiger partial charge in [-0.3, -0.25) is 14.6 Å². The summed E-state index contributed by atoms with van der Waals surface area (Å²) in [5.41, 5.74) is 1.40. The highest BCUT2D eigenvalue weighted by Gasteiger charge is 2.35. The monoisotopic (exact) mass is 363 g/mol. The molecule has 2 aromatic rings. The topological polar surface area (TPSA) is 107 Å². The van der Waals surface area contributed by atoms with Crippen LogP contribution in [-0.4, -0.2) is 61.4 Å². The van der Waals surface area contributed by atoms with Gasteiger partial charge in [-0.2, -0.15) is 5.10 Å². The number of sulfonamides is 1. The molecule has 1 atom stereocenters. The summed E-state index contributed by atoms with van der Waals surface area (Å²) < 4.78 is 25.2. The second-order valence-electron chi connectivity index (χ2n) is 6.92. The van der Waals surface area contributed by atoms with Crippen molar-refractivity contribution in [3.63, 3.8) is 0 Å². The van der Waals surface area contributed by atoms with Crippen molar-refractivity contribution in [3.05, 3.63) is 23.9 Å². The number of anilines is 1. The molecule has 134 valence electrons. The third-order valence-corrected chi connectivity index (χ3v) is 5.66. The van der Waals surface area contributed by atoms with Crippen molar-refractivity contribution in [2.24, 2.45) is 5.92 Å². The van der Waals surface area contributed by atoms with E-state index in [-0.39, 0.29) is 11.9 Å². The molecule has 0 saturated carbocycles. The van der Waals surface area contributed by atoms with Crippen molar-refractivity contribution in [2.45, 2.75) is 18.9 Å². The van der Waals surface area contributed by atoms with Crippen molar-refractivity contribution >= 4 is 32.5 Å². The largest absolute Gasteiger partial charge is 0.346 e. The number of carbonyl (C=O) groups excluding carboxylic acids is 1. The zero-order valence-corrected chi connectivity index (χ0v) is 14.8. The van der Waals surface area contributed by atoms with Crippen LogP contribution in [0.5, 0.6) is 0 Å². The molecule has 9 heteroatoms. The van der Waals surface area contributed by atoms with Gasteiger partial charge in [0.1, 0.15) is 0 Å². The highest BCUT2D eigenvalue weighted by Crippen LogP contribution is 2.28. The smallest absolute Gasteiger partial charge is 0.272 e. The Balaban J connectivity index is 1.57. The Bertz CT molecular complexity index is 915. The first-order valence-corrected chi connectivity index (χ1v) is 10.3. The van der Waals surface area contributed by atoms with Crippen molar-refractivity contribution in [2.75, 3.05) is 30.6 Å². The second-order valence-corrected chi connectivity index (χ2v) is 8.67. The molecule has 3 N–H and O–H groups in total. The van der Waals surface area contributed by atoms with E-state index < -0.39 is 10.0 Å². The normalized spacial score (nSPS) is 25.9. The Hall–Kier alpha value is -2.13. The van der Waals surface area contributed by atoms with Gasteiger partial charge in [-0.05, 0) is 50.0 Å². The standard InChI is InChI=1S/C16H21N5O3S/c1-25(23,24)20-11-2-3-13-12(8-11)15(19-18-13)16(22)17-14-9-21-6-4-10(14)5-7-21/h2-3,8,10,14,20H,4-7,9H2,1H3,(H,17,22)(H,18,19)/t14-/m1/s1. The van der Waals surface area contributed by atoms with Crippen LogP contribution < -0.4 is 10.0 Å². The van der Waals surface area contributed by atoms with E-state index >= 15 is 0 Å². The molecule has 3 aliphatic heterocycles. The highest BCUT2D eigenvalue weighted by molar-refractivity contribution is 7.92. The van der Waals surface area contributed by atoms with Crippen LogP contribution in [0.1, 0.15) is 23.3 Å². The van der Waals surface area contributed by atoms with E-state index in [1.165, 1.54) is 0 Å². The lowest BCUT2D eigenvalue weighted by Gasteiger charge is -2.44. The first-order valence-electron chi connectivity index (χ1n) is 8.38. The molecule has 3 fully saturated rings. The van der Waals surface area contributed by atoms with Gasteiger partial charge in [0.25, 0.3) is 5.91 Å². The molecule has 25 heavy (non-hydrogen) atoms. The zero-order chi connectivity index (χ0) is 17.6. The van der Waals surface area contributed by atoms with Gasteiger partial charge in [0.15, 0.2) is 5.69 Å². The van der Waals surface area contributed by atoms with Gasteiger partial charge in [0, 0.05) is 23.7 Å². The second kappa shape index (κ2) is 5.99. The van der Waals surface area contributed by atoms with Gasteiger partial charge < -0.3 is 10.2 Å². The quantitative estimate of drug-likeness (QED) is 0.743. The van der Waals surface area contributed by atoms with Crippen molar-refractivity contribution in [1.82, 2.24) is 20.4 Å². The number of nitrogens with zero attached hydrogens (tertiary/aromatic N) is 2. The summed E-state index contributed by atoms with van der Waals surface area (Å²) in [4.78, 5) is 15.1. The molecule has 2 bridgehead atoms. The number of hydrogen-bond acceptors (Lipinski definition) is 5. The van der Waals surface area contributed by atoms with Gasteiger partial charge in [0.2, 0.25) is 10.0 Å². The first kappa shape index (κ1) is 16.3. The summed E-state index contributed by atoms with van der Waals surface area (Å²) in [7, 11) is -3.38. The summed E-state index contributed by atoms with van der Waals surface area (Å²) >= 11 is 0. The number of benzene rings is 1. The van der Waals surface area contributed by atoms with Gasteiger partial charge in [-0.1, -0.05) is 0 Å². The molecule has 1 aromatic heterocycles. The average molecular weight is 363 g/mol. The lowest BCUT2D eigenvalue weighted by Crippen LogP contribution is -2.57. The number of fused-ring (bicyclic) bond motifs is 4. The van der Waals surface area contributed by atoms with E-state index in [1.54, 1.807) is 18.2 Å². The SMILES string of the molecule is CS(=O)(=O)Nc1ccc2[nH]nc(C(=O)N[C@@H]3CN4CCC3CC4)c2c1. The van der Waals surface area contributed by atoms with Crippen LogP contribution in [0.4, 0.5) is 5.69 Å². The van der Waals surface area contributed by atoms with Crippen LogP contribution >= 0.6 is 0 Å². The van der Waals surface area contributed by atoms with Gasteiger partial charge in [0.05, 0.1) is 11.8 Å². The zero-order valence-electron chi connectivity index (χ0n) is 13.9. The maximum absolute atomic E-state index is 12.7. The molecule has 4 heterocycles. The number of amides is 1. The summed E-state index contributed by atoms with van der Waals surface area (Å²) in [5.74, 6) is 0.308. The van der Waals surface area contributed by atoms with E-state index in [2.05, 4.69) is 25.1 Å². The van der Waals surface area contributed by atoms with E-state index in [0.717, 1.165) is 38.7 Å². The van der Waals surface area contributed by atoms with Crippen LogP contribution in [0.25, 0.3) is 10.9 Å². The van der Waals surface area contributed by atoms with Crippen molar-refractivity contribution in [3.8, 4) is 0 Å². The molecule has 3 saturated heterocycles. The van der Waals surface area contributed by atoms with E-state index in [1.807, 2.05) is 0 Å². The average Bonchev–Trinajstić information content (AvgIpc) is 2.97. The fourth-order valence-corrected chi connectivity index (χ4v) is 4.39. The summed E-state index contributed by atoms with van der Waals surface area (Å²) in [6, 6.07) is 5.13. The lowest BCUT2D eigenvalue weighted by atomic mass is 9.84. The minimum atomic E-state index is -3.38. The minimum Gasteiger partial charge on any atom is -0.346 e. The third-order valence-electron chi connectivity index (χ3n) is 5.05. The Morgan fingerprint density at radius 3 is 2.72 bits per heavy atom. The number of nitrogens with one attached hydrogen (secondary N) is 3. The number of aromatic amines is 1. The molecule has 1 amide bonds. The number of piperidine rings is 3. The van der Waals surface area contributed by atoms with Crippen LogP contribution in [-0.2, 0) is 10.0 Å². The Morgan fingerprint density at radius 1 is 1.32 bits per heavy atom. The van der Waals surface area contributed by atoms with E-state index in [0.29, 0.717) is 28.2 Å². The van der Waals surface area contributed by atoms with Crippen LogP contribution in [0.15, 0.2) is 18.2 Å². The van der Waals surface area contributed by atoms with E-state index in [4.69, 9.17) is 0 Å². The Morgan fingerprint density at radius 2 is 2.08 bits per heavy atom. The predicted octanol–water partition coefficient (Wildman–Crippen LogP) is 0.758. The molecule has 5 rings (SSSR count). The van der Waals surface area contributed by atoms with Crippen molar-refractivity contribution < 1.29 is 13.2 Å². The fraction of sp³-hybridized carbons (Fsp3) is 0.500. The molecule has 8 nitrogen and oxygen atoms in total. The summed E-state index contributed by atoms with van der Waals surface area (Å²) in [6.45, 7) is 3.12. The fourth-order valence-electron chi connectivity index (χ4n) is 3.83. The van der Waals surface area contributed by atoms with E-state index in [9.17, 15) is 13.2 Å². The number of H-pyrrole nitrogens is 1. The predicted molar refractivity (Wildman–Crippen MR) is 95.0 cm³/mol. The van der Waals surface area contributed by atoms with Gasteiger partial charge >= 0.3 is 0 Å². The van der Waals surface area contributed by atoms with Crippen LogP contribution in [0.3, 0.4) is 0 Å². The number of aromatic nitrogens is 2. The maximum atomic E-state index is 12.7. The number of hydrogen-bond donors (Lipinski definition) is 3. The molecule has 3 aliphatic rings. The summed E-state index contributed by atoms with van der Waals surface area (Å²) in [6.07, 6.45) is 3.33. The van der Waals surface area contributed by atoms with Crippen LogP contribution in [0, 0.1) is 5.92 Å². The number of rotatable bonds is 4. The Kier molecular flexibility index (Phi) is 3.92. The number of carbonyl (C=O) groups is 1. The van der Waals surface area contributed by atoms with Crippen molar-refractivity contribution in [1.29, 1.82) is 0 Å². The van der Waals surface area contributed by atoms with Gasteiger partial charge in [-0.25, -0.2) is 8.42 Å². The Labute approximate surface area is 146 Å².